The van der Waals surface area contributed by atoms with Crippen molar-refractivity contribution in [3.05, 3.63) is 58.1 Å². The number of rotatable bonds is 5. The van der Waals surface area contributed by atoms with Crippen molar-refractivity contribution in [3.63, 3.8) is 0 Å². The van der Waals surface area contributed by atoms with Gasteiger partial charge in [0, 0.05) is 16.2 Å². The summed E-state index contributed by atoms with van der Waals surface area (Å²) < 4.78 is 5.87. The van der Waals surface area contributed by atoms with Crippen LogP contribution in [0.15, 0.2) is 46.9 Å². The van der Waals surface area contributed by atoms with E-state index < -0.39 is 5.97 Å². The molecule has 0 radical (unpaired) electrons. The number of nitrogens with one attached hydrogen (secondary N) is 1. The Bertz CT molecular complexity index is 640. The Balaban J connectivity index is 2.22. The molecular formula is C16H16BrNO3. The molecule has 0 fully saturated rings. The van der Waals surface area contributed by atoms with Crippen LogP contribution in [0.4, 0.5) is 5.69 Å². The maximum atomic E-state index is 11.3. The zero-order chi connectivity index (χ0) is 15.4. The monoisotopic (exact) mass is 349 g/mol. The second-order valence-electron chi connectivity index (χ2n) is 4.63. The van der Waals surface area contributed by atoms with E-state index in [-0.39, 0.29) is 11.6 Å². The van der Waals surface area contributed by atoms with Crippen molar-refractivity contribution in [2.45, 2.75) is 13.0 Å². The summed E-state index contributed by atoms with van der Waals surface area (Å²) in [6.07, 6.45) is 0. The Labute approximate surface area is 131 Å². The van der Waals surface area contributed by atoms with Gasteiger partial charge in [-0.2, -0.15) is 0 Å². The molecule has 0 aliphatic rings. The third-order valence-corrected chi connectivity index (χ3v) is 3.69. The van der Waals surface area contributed by atoms with E-state index in [4.69, 9.17) is 4.74 Å². The summed E-state index contributed by atoms with van der Waals surface area (Å²) in [6, 6.07) is 12.8. The van der Waals surface area contributed by atoms with Crippen molar-refractivity contribution in [1.82, 2.24) is 0 Å². The molecule has 0 spiro atoms. The lowest BCUT2D eigenvalue weighted by Crippen LogP contribution is -2.10. The minimum absolute atomic E-state index is 0.0184. The van der Waals surface area contributed by atoms with Crippen molar-refractivity contribution in [2.24, 2.45) is 0 Å². The molecule has 2 aromatic rings. The summed E-state index contributed by atoms with van der Waals surface area (Å²) >= 11 is 3.29. The van der Waals surface area contributed by atoms with Crippen molar-refractivity contribution in [2.75, 3.05) is 12.4 Å². The van der Waals surface area contributed by atoms with Crippen LogP contribution in [0.1, 0.15) is 28.9 Å². The summed E-state index contributed by atoms with van der Waals surface area (Å²) in [7, 11) is 1.62. The second-order valence-corrected chi connectivity index (χ2v) is 5.55. The molecular weight excluding hydrogens is 334 g/mol. The van der Waals surface area contributed by atoms with Crippen molar-refractivity contribution in [3.8, 4) is 5.75 Å². The molecule has 4 nitrogen and oxygen atoms in total. The minimum Gasteiger partial charge on any atom is -0.497 e. The molecule has 0 saturated carbocycles. The topological polar surface area (TPSA) is 58.6 Å². The van der Waals surface area contributed by atoms with Crippen LogP contribution in [-0.2, 0) is 0 Å². The molecule has 2 N–H and O–H groups in total. The van der Waals surface area contributed by atoms with Gasteiger partial charge in [0.05, 0.1) is 12.7 Å². The van der Waals surface area contributed by atoms with E-state index in [0.29, 0.717) is 5.69 Å². The fraction of sp³-hybridized carbons (Fsp3) is 0.188. The molecule has 5 heteroatoms. The van der Waals surface area contributed by atoms with E-state index in [2.05, 4.69) is 21.2 Å². The smallest absolute Gasteiger partial charge is 0.337 e. The lowest BCUT2D eigenvalue weighted by Gasteiger charge is -2.18. The molecule has 2 aromatic carbocycles. The maximum absolute atomic E-state index is 11.3. The first-order valence-corrected chi connectivity index (χ1v) is 7.24. The highest BCUT2D eigenvalue weighted by Gasteiger charge is 2.13. The number of anilines is 1. The third kappa shape index (κ3) is 3.76. The van der Waals surface area contributed by atoms with Crippen molar-refractivity contribution in [1.29, 1.82) is 0 Å². The quantitative estimate of drug-likeness (QED) is 0.843. The van der Waals surface area contributed by atoms with Gasteiger partial charge in [0.25, 0.3) is 0 Å². The Morgan fingerprint density at radius 1 is 1.24 bits per heavy atom. The Morgan fingerprint density at radius 2 is 1.90 bits per heavy atom. The van der Waals surface area contributed by atoms with E-state index in [9.17, 15) is 9.90 Å². The Morgan fingerprint density at radius 3 is 2.48 bits per heavy atom. The lowest BCUT2D eigenvalue weighted by atomic mass is 10.1. The lowest BCUT2D eigenvalue weighted by molar-refractivity contribution is 0.0698. The van der Waals surface area contributed by atoms with Gasteiger partial charge in [-0.05, 0) is 42.8 Å². The van der Waals surface area contributed by atoms with Crippen LogP contribution < -0.4 is 10.1 Å². The molecule has 2 rings (SSSR count). The number of methoxy groups -OCH3 is 1. The third-order valence-electron chi connectivity index (χ3n) is 3.20. The number of ether oxygens (including phenoxy) is 1. The largest absolute Gasteiger partial charge is 0.497 e. The van der Waals surface area contributed by atoms with E-state index in [1.807, 2.05) is 37.3 Å². The SMILES string of the molecule is COc1ccc(C(C)Nc2ccc(Br)cc2C(=O)O)cc1. The first-order valence-electron chi connectivity index (χ1n) is 6.44. The molecule has 1 atom stereocenters. The molecule has 1 unspecified atom stereocenters. The maximum Gasteiger partial charge on any atom is 0.337 e. The van der Waals surface area contributed by atoms with Crippen LogP contribution >= 0.6 is 15.9 Å². The van der Waals surface area contributed by atoms with Gasteiger partial charge in [-0.15, -0.1) is 0 Å². The zero-order valence-corrected chi connectivity index (χ0v) is 13.3. The van der Waals surface area contributed by atoms with E-state index in [0.717, 1.165) is 15.8 Å². The van der Waals surface area contributed by atoms with Gasteiger partial charge in [0.2, 0.25) is 0 Å². The van der Waals surface area contributed by atoms with Crippen LogP contribution in [0.5, 0.6) is 5.75 Å². The molecule has 21 heavy (non-hydrogen) atoms. The Kier molecular flexibility index (Phi) is 4.85. The summed E-state index contributed by atoms with van der Waals surface area (Å²) in [5, 5.41) is 12.5. The normalized spacial score (nSPS) is 11.8. The predicted molar refractivity (Wildman–Crippen MR) is 86.1 cm³/mol. The van der Waals surface area contributed by atoms with E-state index in [1.54, 1.807) is 19.2 Å². The molecule has 0 aromatic heterocycles. The second kappa shape index (κ2) is 6.63. The van der Waals surface area contributed by atoms with E-state index >= 15 is 0 Å². The molecule has 0 aliphatic carbocycles. The van der Waals surface area contributed by atoms with Gasteiger partial charge in [-0.1, -0.05) is 28.1 Å². The summed E-state index contributed by atoms with van der Waals surface area (Å²) in [4.78, 5) is 11.3. The summed E-state index contributed by atoms with van der Waals surface area (Å²) in [5.74, 6) is -0.165. The van der Waals surface area contributed by atoms with Gasteiger partial charge in [-0.25, -0.2) is 4.79 Å². The molecule has 0 aliphatic heterocycles. The van der Waals surface area contributed by atoms with Crippen molar-refractivity contribution < 1.29 is 14.6 Å². The zero-order valence-electron chi connectivity index (χ0n) is 11.8. The summed E-state index contributed by atoms with van der Waals surface area (Å²) in [5.41, 5.74) is 1.88. The number of hydrogen-bond donors (Lipinski definition) is 2. The Hall–Kier alpha value is -2.01. The average molecular weight is 350 g/mol. The predicted octanol–water partition coefficient (Wildman–Crippen LogP) is 4.33. The highest BCUT2D eigenvalue weighted by molar-refractivity contribution is 9.10. The number of halogens is 1. The van der Waals surface area contributed by atoms with Crippen LogP contribution in [0.3, 0.4) is 0 Å². The van der Waals surface area contributed by atoms with E-state index in [1.165, 1.54) is 0 Å². The van der Waals surface area contributed by atoms with Crippen molar-refractivity contribution >= 4 is 27.6 Å². The highest BCUT2D eigenvalue weighted by Crippen LogP contribution is 2.26. The first kappa shape index (κ1) is 15.4. The fourth-order valence-electron chi connectivity index (χ4n) is 2.03. The van der Waals surface area contributed by atoms with Gasteiger partial charge >= 0.3 is 5.97 Å². The number of carboxylic acid groups (broad SMARTS) is 1. The summed E-state index contributed by atoms with van der Waals surface area (Å²) in [6.45, 7) is 1.98. The standard InChI is InChI=1S/C16H16BrNO3/c1-10(11-3-6-13(21-2)7-4-11)18-15-8-5-12(17)9-14(15)16(19)20/h3-10,18H,1-2H3,(H,19,20). The van der Waals surface area contributed by atoms with Gasteiger partial charge in [0.15, 0.2) is 0 Å². The number of aromatic carboxylic acids is 1. The molecule has 0 saturated heterocycles. The molecule has 0 amide bonds. The number of benzene rings is 2. The minimum atomic E-state index is -0.958. The number of carbonyl (C=O) groups is 1. The van der Waals surface area contributed by atoms with Gasteiger partial charge in [-0.3, -0.25) is 0 Å². The van der Waals surface area contributed by atoms with Gasteiger partial charge in [0.1, 0.15) is 5.75 Å². The average Bonchev–Trinajstić information content (AvgIpc) is 2.49. The molecule has 110 valence electrons. The first-order chi connectivity index (χ1) is 10.0. The number of hydrogen-bond acceptors (Lipinski definition) is 3. The number of carboxylic acids is 1. The fourth-order valence-corrected chi connectivity index (χ4v) is 2.39. The van der Waals surface area contributed by atoms with Crippen LogP contribution in [0, 0.1) is 0 Å². The van der Waals surface area contributed by atoms with Crippen LogP contribution in [-0.4, -0.2) is 18.2 Å². The van der Waals surface area contributed by atoms with Crippen LogP contribution in [0.2, 0.25) is 0 Å². The molecule has 0 heterocycles. The van der Waals surface area contributed by atoms with Gasteiger partial charge < -0.3 is 15.2 Å². The highest BCUT2D eigenvalue weighted by atomic mass is 79.9. The molecule has 0 bridgehead atoms. The van der Waals surface area contributed by atoms with Crippen LogP contribution in [0.25, 0.3) is 0 Å².